The second-order valence-electron chi connectivity index (χ2n) is 3.03. The molecule has 2 unspecified atom stereocenters. The number of carboxylic acids is 1. The molecule has 1 N–H and O–H groups in total. The van der Waals surface area contributed by atoms with E-state index < -0.39 is 5.97 Å². The molecule has 12 heavy (non-hydrogen) atoms. The summed E-state index contributed by atoms with van der Waals surface area (Å²) in [6.45, 7) is 0.267. The molecule has 0 aromatic carbocycles. The van der Waals surface area contributed by atoms with Crippen LogP contribution in [0.3, 0.4) is 0 Å². The van der Waals surface area contributed by atoms with Gasteiger partial charge in [0.25, 0.3) is 0 Å². The van der Waals surface area contributed by atoms with Crippen LogP contribution in [0.2, 0.25) is 0 Å². The highest BCUT2D eigenvalue weighted by Gasteiger charge is 2.33. The van der Waals surface area contributed by atoms with Gasteiger partial charge < -0.3 is 14.6 Å². The Morgan fingerprint density at radius 3 is 3.25 bits per heavy atom. The third-order valence-electron chi connectivity index (χ3n) is 2.26. The Hall–Kier alpha value is -1.03. The number of carboxylic acid groups (broad SMARTS) is 1. The first-order chi connectivity index (χ1) is 5.77. The average molecular weight is 170 g/mol. The Bertz CT molecular complexity index is 233. The molecule has 4 heteroatoms. The van der Waals surface area contributed by atoms with Gasteiger partial charge in [-0.15, -0.1) is 0 Å². The summed E-state index contributed by atoms with van der Waals surface area (Å²) in [4.78, 5) is 10.6. The Morgan fingerprint density at radius 2 is 2.50 bits per heavy atom. The van der Waals surface area contributed by atoms with Crippen molar-refractivity contribution in [2.24, 2.45) is 5.92 Å². The van der Waals surface area contributed by atoms with Crippen LogP contribution in [0.1, 0.15) is 12.8 Å². The van der Waals surface area contributed by atoms with Gasteiger partial charge in [0.2, 0.25) is 0 Å². The topological polar surface area (TPSA) is 55.8 Å². The molecule has 66 valence electrons. The highest BCUT2D eigenvalue weighted by atomic mass is 16.7. The standard InChI is InChI=1S/C8H10O4/c9-8(10)5-1-2-6-7(3-5)12-4-11-6/h2,5,7H,1,3-4H2,(H,9,10). The predicted octanol–water partition coefficient (Wildman–Crippen LogP) is 0.738. The number of hydrogen-bond acceptors (Lipinski definition) is 3. The first-order valence-corrected chi connectivity index (χ1v) is 3.94. The Kier molecular flexibility index (Phi) is 1.77. The van der Waals surface area contributed by atoms with Gasteiger partial charge in [-0.1, -0.05) is 0 Å². The van der Waals surface area contributed by atoms with E-state index in [-0.39, 0.29) is 18.8 Å². The van der Waals surface area contributed by atoms with Gasteiger partial charge in [-0.05, 0) is 18.9 Å². The van der Waals surface area contributed by atoms with Gasteiger partial charge in [-0.3, -0.25) is 4.79 Å². The molecule has 2 aliphatic rings. The van der Waals surface area contributed by atoms with E-state index in [0.29, 0.717) is 12.8 Å². The number of fused-ring (bicyclic) bond motifs is 1. The molecule has 0 saturated carbocycles. The fourth-order valence-electron chi connectivity index (χ4n) is 1.55. The molecule has 0 amide bonds. The lowest BCUT2D eigenvalue weighted by atomic mass is 9.92. The predicted molar refractivity (Wildman–Crippen MR) is 39.3 cm³/mol. The minimum absolute atomic E-state index is 0.111. The summed E-state index contributed by atoms with van der Waals surface area (Å²) in [5, 5.41) is 8.73. The molecule has 2 atom stereocenters. The van der Waals surface area contributed by atoms with Crippen molar-refractivity contribution in [3.63, 3.8) is 0 Å². The lowest BCUT2D eigenvalue weighted by Gasteiger charge is -2.19. The fraction of sp³-hybridized carbons (Fsp3) is 0.625. The molecular formula is C8H10O4. The van der Waals surface area contributed by atoms with Gasteiger partial charge in [0.05, 0.1) is 5.92 Å². The summed E-state index contributed by atoms with van der Waals surface area (Å²) in [7, 11) is 0. The van der Waals surface area contributed by atoms with Gasteiger partial charge in [0, 0.05) is 0 Å². The third kappa shape index (κ3) is 1.18. The van der Waals surface area contributed by atoms with Crippen molar-refractivity contribution in [3.8, 4) is 0 Å². The van der Waals surface area contributed by atoms with E-state index in [1.807, 2.05) is 6.08 Å². The largest absolute Gasteiger partial charge is 0.481 e. The summed E-state index contributed by atoms with van der Waals surface area (Å²) < 4.78 is 10.3. The van der Waals surface area contributed by atoms with Crippen LogP contribution >= 0.6 is 0 Å². The number of aliphatic carboxylic acids is 1. The van der Waals surface area contributed by atoms with Crippen LogP contribution in [0, 0.1) is 5.92 Å². The van der Waals surface area contributed by atoms with E-state index in [0.717, 1.165) is 5.76 Å². The summed E-state index contributed by atoms with van der Waals surface area (Å²) in [6, 6.07) is 0. The number of allylic oxidation sites excluding steroid dienone is 1. The number of carbonyl (C=O) groups is 1. The van der Waals surface area contributed by atoms with E-state index in [1.54, 1.807) is 0 Å². The van der Waals surface area contributed by atoms with E-state index in [2.05, 4.69) is 0 Å². The molecule has 0 aromatic heterocycles. The first-order valence-electron chi connectivity index (χ1n) is 3.94. The van der Waals surface area contributed by atoms with Crippen LogP contribution in [0.4, 0.5) is 0 Å². The molecular weight excluding hydrogens is 160 g/mol. The quantitative estimate of drug-likeness (QED) is 0.630. The zero-order chi connectivity index (χ0) is 8.55. The zero-order valence-corrected chi connectivity index (χ0v) is 6.53. The van der Waals surface area contributed by atoms with Crippen LogP contribution in [0.15, 0.2) is 11.8 Å². The minimum Gasteiger partial charge on any atom is -0.481 e. The molecule has 1 fully saturated rings. The molecule has 0 radical (unpaired) electrons. The van der Waals surface area contributed by atoms with Crippen molar-refractivity contribution in [2.75, 3.05) is 6.79 Å². The summed E-state index contributed by atoms with van der Waals surface area (Å²) in [5.74, 6) is -0.242. The second-order valence-corrected chi connectivity index (χ2v) is 3.03. The van der Waals surface area contributed by atoms with Gasteiger partial charge >= 0.3 is 5.97 Å². The van der Waals surface area contributed by atoms with Crippen molar-refractivity contribution in [3.05, 3.63) is 11.8 Å². The highest BCUT2D eigenvalue weighted by molar-refractivity contribution is 5.70. The van der Waals surface area contributed by atoms with E-state index >= 15 is 0 Å². The van der Waals surface area contributed by atoms with Crippen LogP contribution in [-0.4, -0.2) is 24.0 Å². The number of ether oxygens (including phenoxy) is 2. The number of hydrogen-bond donors (Lipinski definition) is 1. The molecule has 0 spiro atoms. The van der Waals surface area contributed by atoms with Crippen molar-refractivity contribution in [1.82, 2.24) is 0 Å². The van der Waals surface area contributed by atoms with Gasteiger partial charge in [0.15, 0.2) is 6.79 Å². The van der Waals surface area contributed by atoms with Crippen molar-refractivity contribution in [1.29, 1.82) is 0 Å². The smallest absolute Gasteiger partial charge is 0.306 e. The van der Waals surface area contributed by atoms with Crippen molar-refractivity contribution in [2.45, 2.75) is 18.9 Å². The monoisotopic (exact) mass is 170 g/mol. The Labute approximate surface area is 69.8 Å². The molecule has 0 aromatic rings. The fourth-order valence-corrected chi connectivity index (χ4v) is 1.55. The van der Waals surface area contributed by atoms with Gasteiger partial charge in [-0.25, -0.2) is 0 Å². The first kappa shape index (κ1) is 7.61. The molecule has 1 aliphatic heterocycles. The summed E-state index contributed by atoms with van der Waals surface area (Å²) in [5.41, 5.74) is 0. The van der Waals surface area contributed by atoms with Crippen LogP contribution < -0.4 is 0 Å². The number of rotatable bonds is 1. The molecule has 1 aliphatic carbocycles. The maximum atomic E-state index is 10.6. The molecule has 1 heterocycles. The zero-order valence-electron chi connectivity index (χ0n) is 6.53. The average Bonchev–Trinajstić information content (AvgIpc) is 2.49. The maximum absolute atomic E-state index is 10.6. The van der Waals surface area contributed by atoms with E-state index in [9.17, 15) is 4.79 Å². The van der Waals surface area contributed by atoms with Crippen LogP contribution in [-0.2, 0) is 14.3 Å². The highest BCUT2D eigenvalue weighted by Crippen LogP contribution is 2.30. The molecule has 2 rings (SSSR count). The third-order valence-corrected chi connectivity index (χ3v) is 2.26. The maximum Gasteiger partial charge on any atom is 0.306 e. The second kappa shape index (κ2) is 2.79. The van der Waals surface area contributed by atoms with E-state index in [4.69, 9.17) is 14.6 Å². The summed E-state index contributed by atoms with van der Waals surface area (Å²) in [6.07, 6.45) is 2.81. The molecule has 0 bridgehead atoms. The minimum atomic E-state index is -0.749. The van der Waals surface area contributed by atoms with Crippen LogP contribution in [0.5, 0.6) is 0 Å². The Morgan fingerprint density at radius 1 is 1.67 bits per heavy atom. The van der Waals surface area contributed by atoms with Gasteiger partial charge in [0.1, 0.15) is 11.9 Å². The summed E-state index contributed by atoms with van der Waals surface area (Å²) >= 11 is 0. The SMILES string of the molecule is O=C(O)C1CC=C2OCOC2C1. The molecule has 4 nitrogen and oxygen atoms in total. The molecule has 1 saturated heterocycles. The normalized spacial score (nSPS) is 33.5. The Balaban J connectivity index is 2.08. The van der Waals surface area contributed by atoms with Crippen molar-refractivity contribution >= 4 is 5.97 Å². The van der Waals surface area contributed by atoms with Crippen molar-refractivity contribution < 1.29 is 19.4 Å². The van der Waals surface area contributed by atoms with Crippen LogP contribution in [0.25, 0.3) is 0 Å². The lowest BCUT2D eigenvalue weighted by Crippen LogP contribution is -2.24. The van der Waals surface area contributed by atoms with E-state index in [1.165, 1.54) is 0 Å². The van der Waals surface area contributed by atoms with Gasteiger partial charge in [-0.2, -0.15) is 0 Å². The lowest BCUT2D eigenvalue weighted by molar-refractivity contribution is -0.142.